The highest BCUT2D eigenvalue weighted by Gasteiger charge is 2.66. The molecule has 65 heavy (non-hydrogen) atoms. The van der Waals surface area contributed by atoms with Gasteiger partial charge in [0, 0.05) is 40.8 Å². The van der Waals surface area contributed by atoms with Crippen molar-refractivity contribution in [3.8, 4) is 22.9 Å². The SMILES string of the molecule is COc1ccc2c(O[C@@H]3C[C@H]4C(=O)N[C@]5(P(=O)(O)Cc6c(F)cccc6F)C[C@@H]5/C=C\CCCCC[C@H](NC(=O)OC5CCCC5)C(=O)N4C3)cc(-c3csc(NC(C)C)n3)nc2c1Br. The van der Waals surface area contributed by atoms with Crippen LogP contribution in [0.25, 0.3) is 22.3 Å². The molecule has 4 aliphatic rings. The normalized spacial score (nSPS) is 25.4. The average molecular weight is 1000 g/mol. The van der Waals surface area contributed by atoms with Crippen LogP contribution in [0.15, 0.2) is 58.4 Å². The number of methoxy groups -OCH3 is 1. The van der Waals surface area contributed by atoms with Gasteiger partial charge in [-0.2, -0.15) is 0 Å². The van der Waals surface area contributed by atoms with E-state index in [4.69, 9.17) is 24.2 Å². The molecule has 0 bridgehead atoms. The first-order valence-electron chi connectivity index (χ1n) is 22.2. The fraction of sp³-hybridized carbons (Fsp3) is 0.500. The van der Waals surface area contributed by atoms with Crippen LogP contribution in [-0.2, 0) is 25.1 Å². The topological polar surface area (TPSA) is 181 Å². The Morgan fingerprint density at radius 3 is 2.54 bits per heavy atom. The number of nitrogens with one attached hydrogen (secondary N) is 3. The van der Waals surface area contributed by atoms with Crippen LogP contribution in [0, 0.1) is 17.6 Å². The number of thiazole rings is 1. The van der Waals surface area contributed by atoms with Crippen LogP contribution >= 0.6 is 34.6 Å². The van der Waals surface area contributed by atoms with Crippen LogP contribution in [0.1, 0.15) is 90.0 Å². The van der Waals surface area contributed by atoms with E-state index >= 15 is 0 Å². The largest absolute Gasteiger partial charge is 0.495 e. The fourth-order valence-electron chi connectivity index (χ4n) is 9.17. The number of halogens is 3. The van der Waals surface area contributed by atoms with E-state index in [9.17, 15) is 32.6 Å². The summed E-state index contributed by atoms with van der Waals surface area (Å²) in [7, 11) is -3.05. The first kappa shape index (κ1) is 46.9. The van der Waals surface area contributed by atoms with Crippen LogP contribution < -0.4 is 25.4 Å². The minimum Gasteiger partial charge on any atom is -0.495 e. The van der Waals surface area contributed by atoms with Crippen LogP contribution in [0.3, 0.4) is 0 Å². The molecule has 0 spiro atoms. The molecule has 1 unspecified atom stereocenters. The number of carbonyl (C=O) groups excluding carboxylic acids is 3. The van der Waals surface area contributed by atoms with E-state index in [1.165, 1.54) is 22.3 Å². The van der Waals surface area contributed by atoms with E-state index in [0.717, 1.165) is 44.2 Å². The maximum atomic E-state index is 15.0. The van der Waals surface area contributed by atoms with Gasteiger partial charge < -0.3 is 40.0 Å². The van der Waals surface area contributed by atoms with Crippen molar-refractivity contribution in [3.63, 3.8) is 0 Å². The monoisotopic (exact) mass is 998 g/mol. The lowest BCUT2D eigenvalue weighted by Gasteiger charge is -2.31. The van der Waals surface area contributed by atoms with E-state index < -0.39 is 78.0 Å². The highest BCUT2D eigenvalue weighted by Crippen LogP contribution is 2.71. The molecule has 0 radical (unpaired) electrons. The van der Waals surface area contributed by atoms with E-state index in [1.54, 1.807) is 25.3 Å². The van der Waals surface area contributed by atoms with Gasteiger partial charge in [-0.3, -0.25) is 14.2 Å². The molecular weight excluding hydrogens is 945 g/mol. The fourth-order valence-corrected chi connectivity index (χ4v) is 13.0. The van der Waals surface area contributed by atoms with Crippen LogP contribution in [0.2, 0.25) is 0 Å². The number of allylic oxidation sites excluding steroid dienone is 1. The third-order valence-corrected chi connectivity index (χ3v) is 16.8. The molecular formula is C46H54BrF2N6O8PS. The maximum Gasteiger partial charge on any atom is 0.408 e. The molecule has 2 aromatic heterocycles. The summed E-state index contributed by atoms with van der Waals surface area (Å²) in [6.07, 6.45) is 7.36. The lowest BCUT2D eigenvalue weighted by molar-refractivity contribution is -0.140. The molecule has 4 heterocycles. The van der Waals surface area contributed by atoms with Crippen molar-refractivity contribution in [1.82, 2.24) is 25.5 Å². The molecule has 3 fully saturated rings. The molecule has 1 saturated heterocycles. The summed E-state index contributed by atoms with van der Waals surface area (Å²) < 4.78 is 63.1. The van der Waals surface area contributed by atoms with Gasteiger partial charge in [-0.15, -0.1) is 11.3 Å². The lowest BCUT2D eigenvalue weighted by atomic mass is 10.0. The van der Waals surface area contributed by atoms with Crippen LogP contribution in [-0.4, -0.2) is 86.9 Å². The Kier molecular flexibility index (Phi) is 14.2. The summed E-state index contributed by atoms with van der Waals surface area (Å²) in [5.41, 5.74) is 1.07. The van der Waals surface area contributed by atoms with Gasteiger partial charge in [-0.1, -0.05) is 31.1 Å². The number of ether oxygens (including phenoxy) is 3. The van der Waals surface area contributed by atoms with Crippen molar-refractivity contribution in [3.05, 3.63) is 75.6 Å². The van der Waals surface area contributed by atoms with Crippen molar-refractivity contribution >= 4 is 68.6 Å². The molecule has 19 heteroatoms. The van der Waals surface area contributed by atoms with Crippen molar-refractivity contribution in [2.45, 2.75) is 126 Å². The Morgan fingerprint density at radius 1 is 1.05 bits per heavy atom. The minimum atomic E-state index is -4.60. The number of benzene rings is 2. The summed E-state index contributed by atoms with van der Waals surface area (Å²) in [5.74, 6) is -2.88. The highest BCUT2D eigenvalue weighted by molar-refractivity contribution is 9.10. The number of pyridine rings is 1. The van der Waals surface area contributed by atoms with Crippen LogP contribution in [0.4, 0.5) is 18.7 Å². The number of nitrogens with zero attached hydrogens (tertiary/aromatic N) is 3. The molecule has 348 valence electrons. The number of aromatic nitrogens is 2. The smallest absolute Gasteiger partial charge is 0.408 e. The van der Waals surface area contributed by atoms with Crippen molar-refractivity contribution < 1.29 is 46.8 Å². The Morgan fingerprint density at radius 2 is 1.80 bits per heavy atom. The van der Waals surface area contributed by atoms with E-state index in [-0.39, 0.29) is 38.0 Å². The lowest BCUT2D eigenvalue weighted by Crippen LogP contribution is -2.55. The number of hydrogen-bond donors (Lipinski definition) is 4. The molecule has 3 amide bonds. The second-order valence-electron chi connectivity index (χ2n) is 17.7. The van der Waals surface area contributed by atoms with Gasteiger partial charge >= 0.3 is 6.09 Å². The highest BCUT2D eigenvalue weighted by atomic mass is 79.9. The standard InChI is InChI=1S/C46H54BrF2N6O8PS/c1-26(2)50-44-52-36(25-65-44)35-21-39(30-18-19-38(61-3)40(47)41(30)51-35)62-29-20-37-42(56)54-46(64(59,60)24-31-32(48)15-11-16-33(31)49)22-27(46)12-7-5-4-6-8-17-34(43(57)55(37)23-29)53-45(58)63-28-13-9-10-14-28/h7,11-12,15-16,18-19,21,25-29,34,37H,4-6,8-10,13-14,17,20,22-24H2,1-3H3,(H,50,52)(H,53,58)(H,54,56)(H,59,60)/b12-7-/t27-,29+,34-,37-,46-/m0/s1. The Balaban J connectivity index is 1.15. The Bertz CT molecular complexity index is 2500. The number of amides is 3. The van der Waals surface area contributed by atoms with E-state index in [2.05, 4.69) is 31.9 Å². The van der Waals surface area contributed by atoms with Gasteiger partial charge in [0.1, 0.15) is 58.4 Å². The third kappa shape index (κ3) is 10.2. The number of alkyl carbamates (subject to hydrolysis) is 1. The second kappa shape index (κ2) is 19.7. The predicted octanol–water partition coefficient (Wildman–Crippen LogP) is 9.44. The van der Waals surface area contributed by atoms with Gasteiger partial charge in [0.15, 0.2) is 5.13 Å². The van der Waals surface area contributed by atoms with Gasteiger partial charge in [0.25, 0.3) is 0 Å². The van der Waals surface area contributed by atoms with Gasteiger partial charge in [0.05, 0.1) is 35.5 Å². The zero-order chi connectivity index (χ0) is 46.0. The van der Waals surface area contributed by atoms with E-state index in [0.29, 0.717) is 62.7 Å². The first-order chi connectivity index (χ1) is 31.2. The summed E-state index contributed by atoms with van der Waals surface area (Å²) in [6.45, 7) is 3.94. The molecule has 2 aliphatic heterocycles. The van der Waals surface area contributed by atoms with Gasteiger partial charge in [0.2, 0.25) is 19.2 Å². The number of fused-ring (bicyclic) bond motifs is 3. The molecule has 2 aromatic carbocycles. The zero-order valence-corrected chi connectivity index (χ0v) is 39.8. The van der Waals surface area contributed by atoms with Gasteiger partial charge in [-0.05, 0) is 105 Å². The minimum absolute atomic E-state index is 0.0410. The van der Waals surface area contributed by atoms with Crippen molar-refractivity contribution in [2.75, 3.05) is 19.0 Å². The van der Waals surface area contributed by atoms with Crippen molar-refractivity contribution in [1.29, 1.82) is 0 Å². The van der Waals surface area contributed by atoms with Gasteiger partial charge in [-0.25, -0.2) is 23.5 Å². The predicted molar refractivity (Wildman–Crippen MR) is 247 cm³/mol. The maximum absolute atomic E-state index is 15.0. The molecule has 2 saturated carbocycles. The number of hydrogen-bond acceptors (Lipinski definition) is 11. The Hall–Kier alpha value is -4.64. The molecule has 6 atom stereocenters. The number of anilines is 1. The quantitative estimate of drug-likeness (QED) is 0.0830. The third-order valence-electron chi connectivity index (χ3n) is 12.7. The Labute approximate surface area is 388 Å². The summed E-state index contributed by atoms with van der Waals surface area (Å²) in [5, 5.41) is 10.4. The van der Waals surface area contributed by atoms with Crippen LogP contribution in [0.5, 0.6) is 11.5 Å². The summed E-state index contributed by atoms with van der Waals surface area (Å²) in [4.78, 5) is 66.0. The van der Waals surface area contributed by atoms with E-state index in [1.807, 2.05) is 31.4 Å². The number of carbonyl (C=O) groups is 3. The molecule has 4 aromatic rings. The zero-order valence-electron chi connectivity index (χ0n) is 36.5. The first-order valence-corrected chi connectivity index (χ1v) is 25.8. The second-order valence-corrected chi connectivity index (χ2v) is 21.8. The summed E-state index contributed by atoms with van der Waals surface area (Å²) in [6, 6.07) is 6.42. The summed E-state index contributed by atoms with van der Waals surface area (Å²) >= 11 is 5.09. The van der Waals surface area contributed by atoms with Crippen molar-refractivity contribution in [2.24, 2.45) is 5.92 Å². The molecule has 4 N–H and O–H groups in total. The molecule has 14 nitrogen and oxygen atoms in total. The number of rotatable bonds is 11. The average Bonchev–Trinajstić information content (AvgIpc) is 3.68. The molecule has 8 rings (SSSR count). The molecule has 2 aliphatic carbocycles.